The zero-order valence-electron chi connectivity index (χ0n) is 10.7. The van der Waals surface area contributed by atoms with Crippen LogP contribution in [0.25, 0.3) is 0 Å². The van der Waals surface area contributed by atoms with E-state index in [0.29, 0.717) is 0 Å². The van der Waals surface area contributed by atoms with Gasteiger partial charge in [0.25, 0.3) is 0 Å². The Labute approximate surface area is 109 Å². The third-order valence-corrected chi connectivity index (χ3v) is 3.73. The molecule has 0 saturated carbocycles. The van der Waals surface area contributed by atoms with E-state index < -0.39 is 0 Å². The standard InChI is InChI=1S/C15H22OS/c1-2-3-4-5-6-10-13-17-15(16)14-11-8-7-9-12-14/h7-9,11-12H,2-6,10,13H2,1H3. The van der Waals surface area contributed by atoms with Crippen LogP contribution in [0.15, 0.2) is 30.3 Å². The zero-order chi connectivity index (χ0) is 12.3. The molecule has 1 aromatic carbocycles. The van der Waals surface area contributed by atoms with Crippen LogP contribution in [-0.4, -0.2) is 10.9 Å². The summed E-state index contributed by atoms with van der Waals surface area (Å²) in [6, 6.07) is 9.54. The molecule has 0 radical (unpaired) electrons. The van der Waals surface area contributed by atoms with Gasteiger partial charge in [0.15, 0.2) is 0 Å². The Morgan fingerprint density at radius 3 is 2.35 bits per heavy atom. The number of carbonyl (C=O) groups is 1. The Morgan fingerprint density at radius 2 is 1.65 bits per heavy atom. The fraction of sp³-hybridized carbons (Fsp3) is 0.533. The highest BCUT2D eigenvalue weighted by Crippen LogP contribution is 2.15. The fourth-order valence-electron chi connectivity index (χ4n) is 1.70. The molecule has 94 valence electrons. The summed E-state index contributed by atoms with van der Waals surface area (Å²) in [5.41, 5.74) is 0.823. The Morgan fingerprint density at radius 1 is 1.00 bits per heavy atom. The summed E-state index contributed by atoms with van der Waals surface area (Å²) in [4.78, 5) is 11.7. The van der Waals surface area contributed by atoms with E-state index in [9.17, 15) is 4.79 Å². The van der Waals surface area contributed by atoms with E-state index in [4.69, 9.17) is 0 Å². The Hall–Kier alpha value is -0.760. The lowest BCUT2D eigenvalue weighted by molar-refractivity contribution is 0.108. The molecule has 0 spiro atoms. The van der Waals surface area contributed by atoms with Gasteiger partial charge in [0, 0.05) is 11.3 Å². The maximum Gasteiger partial charge on any atom is 0.219 e. The molecule has 0 aliphatic heterocycles. The molecule has 0 bridgehead atoms. The van der Waals surface area contributed by atoms with Crippen LogP contribution in [0, 0.1) is 0 Å². The van der Waals surface area contributed by atoms with Crippen LogP contribution in [0.1, 0.15) is 55.8 Å². The average Bonchev–Trinajstić information content (AvgIpc) is 2.38. The first-order valence-corrected chi connectivity index (χ1v) is 7.55. The van der Waals surface area contributed by atoms with Gasteiger partial charge in [-0.25, -0.2) is 0 Å². The second-order valence-electron chi connectivity index (χ2n) is 4.27. The Bertz CT molecular complexity index is 308. The van der Waals surface area contributed by atoms with Crippen molar-refractivity contribution in [3.63, 3.8) is 0 Å². The molecule has 0 amide bonds. The molecule has 1 rings (SSSR count). The van der Waals surface area contributed by atoms with Gasteiger partial charge in [-0.15, -0.1) is 0 Å². The van der Waals surface area contributed by atoms with Crippen LogP contribution in [0.5, 0.6) is 0 Å². The van der Waals surface area contributed by atoms with E-state index in [1.807, 2.05) is 30.3 Å². The SMILES string of the molecule is CCCCCCCCSC(=O)c1ccccc1. The van der Waals surface area contributed by atoms with E-state index in [1.54, 1.807) is 0 Å². The maximum atomic E-state index is 11.7. The minimum Gasteiger partial charge on any atom is -0.282 e. The molecule has 1 nitrogen and oxygen atoms in total. The van der Waals surface area contributed by atoms with Gasteiger partial charge >= 0.3 is 0 Å². The van der Waals surface area contributed by atoms with Gasteiger partial charge in [-0.3, -0.25) is 4.79 Å². The predicted molar refractivity (Wildman–Crippen MR) is 76.6 cm³/mol. The monoisotopic (exact) mass is 250 g/mol. The van der Waals surface area contributed by atoms with Crippen molar-refractivity contribution in [2.75, 3.05) is 5.75 Å². The van der Waals surface area contributed by atoms with Crippen LogP contribution in [0.3, 0.4) is 0 Å². The smallest absolute Gasteiger partial charge is 0.219 e. The van der Waals surface area contributed by atoms with Crippen molar-refractivity contribution in [3.8, 4) is 0 Å². The van der Waals surface area contributed by atoms with Gasteiger partial charge in [0.1, 0.15) is 0 Å². The quantitative estimate of drug-likeness (QED) is 0.609. The molecular formula is C15H22OS. The maximum absolute atomic E-state index is 11.7. The predicted octanol–water partition coefficient (Wildman–Crippen LogP) is 4.92. The van der Waals surface area contributed by atoms with Crippen LogP contribution in [-0.2, 0) is 0 Å². The molecule has 0 aliphatic carbocycles. The number of thioether (sulfide) groups is 1. The number of hydrogen-bond donors (Lipinski definition) is 0. The molecular weight excluding hydrogens is 228 g/mol. The summed E-state index contributed by atoms with van der Waals surface area (Å²) in [6.07, 6.45) is 7.71. The summed E-state index contributed by atoms with van der Waals surface area (Å²) < 4.78 is 0. The Balaban J connectivity index is 2.05. The van der Waals surface area contributed by atoms with Crippen LogP contribution in [0.4, 0.5) is 0 Å². The van der Waals surface area contributed by atoms with Crippen LogP contribution >= 0.6 is 11.8 Å². The van der Waals surface area contributed by atoms with Crippen molar-refractivity contribution in [1.82, 2.24) is 0 Å². The van der Waals surface area contributed by atoms with E-state index in [2.05, 4.69) is 6.92 Å². The minimum atomic E-state index is 0.208. The van der Waals surface area contributed by atoms with E-state index >= 15 is 0 Å². The molecule has 1 aromatic rings. The lowest BCUT2D eigenvalue weighted by Crippen LogP contribution is -1.94. The molecule has 0 aliphatic rings. The lowest BCUT2D eigenvalue weighted by Gasteiger charge is -2.01. The summed E-state index contributed by atoms with van der Waals surface area (Å²) in [7, 11) is 0. The zero-order valence-corrected chi connectivity index (χ0v) is 11.5. The van der Waals surface area contributed by atoms with Gasteiger partial charge in [0.05, 0.1) is 0 Å². The van der Waals surface area contributed by atoms with Gasteiger partial charge in [-0.1, -0.05) is 81.1 Å². The average molecular weight is 250 g/mol. The van der Waals surface area contributed by atoms with Gasteiger partial charge in [-0.05, 0) is 6.42 Å². The van der Waals surface area contributed by atoms with E-state index in [0.717, 1.165) is 17.7 Å². The van der Waals surface area contributed by atoms with Gasteiger partial charge in [-0.2, -0.15) is 0 Å². The van der Waals surface area contributed by atoms with Crippen LogP contribution in [0.2, 0.25) is 0 Å². The molecule has 0 aromatic heterocycles. The third kappa shape index (κ3) is 6.52. The molecule has 0 unspecified atom stereocenters. The van der Waals surface area contributed by atoms with Crippen molar-refractivity contribution < 1.29 is 4.79 Å². The fourth-order valence-corrected chi connectivity index (χ4v) is 2.54. The first-order valence-electron chi connectivity index (χ1n) is 6.56. The molecule has 0 fully saturated rings. The minimum absolute atomic E-state index is 0.208. The Kier molecular flexibility index (Phi) is 7.81. The lowest BCUT2D eigenvalue weighted by atomic mass is 10.1. The summed E-state index contributed by atoms with van der Waals surface area (Å²) in [5.74, 6) is 0.958. The number of unbranched alkanes of at least 4 members (excludes halogenated alkanes) is 5. The topological polar surface area (TPSA) is 17.1 Å². The molecule has 17 heavy (non-hydrogen) atoms. The van der Waals surface area contributed by atoms with Gasteiger partial charge < -0.3 is 0 Å². The first kappa shape index (κ1) is 14.3. The van der Waals surface area contributed by atoms with Crippen LogP contribution < -0.4 is 0 Å². The van der Waals surface area contributed by atoms with E-state index in [1.165, 1.54) is 43.9 Å². The largest absolute Gasteiger partial charge is 0.282 e. The van der Waals surface area contributed by atoms with Gasteiger partial charge in [0.2, 0.25) is 5.12 Å². The molecule has 0 N–H and O–H groups in total. The first-order chi connectivity index (χ1) is 8.34. The van der Waals surface area contributed by atoms with Crippen molar-refractivity contribution in [1.29, 1.82) is 0 Å². The highest BCUT2D eigenvalue weighted by molar-refractivity contribution is 8.14. The normalized spacial score (nSPS) is 10.4. The summed E-state index contributed by atoms with van der Waals surface area (Å²) in [6.45, 7) is 2.23. The van der Waals surface area contributed by atoms with E-state index in [-0.39, 0.29) is 5.12 Å². The molecule has 0 saturated heterocycles. The highest BCUT2D eigenvalue weighted by atomic mass is 32.2. The van der Waals surface area contributed by atoms with Crippen molar-refractivity contribution in [2.24, 2.45) is 0 Å². The number of carbonyl (C=O) groups excluding carboxylic acids is 1. The van der Waals surface area contributed by atoms with Crippen molar-refractivity contribution in [3.05, 3.63) is 35.9 Å². The molecule has 2 heteroatoms. The second kappa shape index (κ2) is 9.29. The van der Waals surface area contributed by atoms with Crippen molar-refractivity contribution >= 4 is 16.9 Å². The highest BCUT2D eigenvalue weighted by Gasteiger charge is 2.04. The molecule has 0 atom stereocenters. The summed E-state index contributed by atoms with van der Waals surface area (Å²) in [5, 5.41) is 0.208. The summed E-state index contributed by atoms with van der Waals surface area (Å²) >= 11 is 1.45. The molecule has 0 heterocycles. The number of hydrogen-bond acceptors (Lipinski definition) is 2. The second-order valence-corrected chi connectivity index (χ2v) is 5.34. The number of benzene rings is 1. The third-order valence-electron chi connectivity index (χ3n) is 2.74. The van der Waals surface area contributed by atoms with Crippen molar-refractivity contribution in [2.45, 2.75) is 45.4 Å². The number of rotatable bonds is 8.